The topological polar surface area (TPSA) is 35.2 Å². The summed E-state index contributed by atoms with van der Waals surface area (Å²) in [5.41, 5.74) is 7.10. The van der Waals surface area contributed by atoms with Gasteiger partial charge in [-0.1, -0.05) is 0 Å². The molecule has 0 fully saturated rings. The first kappa shape index (κ1) is 14.9. The van der Waals surface area contributed by atoms with Gasteiger partial charge in [0.25, 0.3) is 0 Å². The van der Waals surface area contributed by atoms with Gasteiger partial charge in [-0.05, 0) is 62.1 Å². The average molecular weight is 291 g/mol. The molecule has 0 radical (unpaired) electrons. The van der Waals surface area contributed by atoms with Gasteiger partial charge in [0.2, 0.25) is 0 Å². The standard InChI is InChI=1S/C16H18FNOS/c1-10-8-16(14(11(2)18)9-15(10)17)19-12-4-6-13(20-3)7-5-12/h4-9,11H,18H2,1-3H3/t11-/m0/s1. The molecule has 0 unspecified atom stereocenters. The van der Waals surface area contributed by atoms with Crippen LogP contribution in [-0.2, 0) is 0 Å². The monoisotopic (exact) mass is 291 g/mol. The molecule has 2 aromatic carbocycles. The third kappa shape index (κ3) is 3.32. The molecule has 0 aromatic heterocycles. The van der Waals surface area contributed by atoms with Crippen LogP contribution < -0.4 is 10.5 Å². The summed E-state index contributed by atoms with van der Waals surface area (Å²) in [6.45, 7) is 3.53. The normalized spacial score (nSPS) is 12.2. The van der Waals surface area contributed by atoms with Crippen LogP contribution in [0.3, 0.4) is 0 Å². The number of halogens is 1. The largest absolute Gasteiger partial charge is 0.457 e. The lowest BCUT2D eigenvalue weighted by Gasteiger charge is -2.15. The molecule has 0 bridgehead atoms. The average Bonchev–Trinajstić information content (AvgIpc) is 2.43. The highest BCUT2D eigenvalue weighted by atomic mass is 32.2. The molecular weight excluding hydrogens is 273 g/mol. The Kier molecular flexibility index (Phi) is 4.68. The molecule has 2 N–H and O–H groups in total. The molecule has 2 rings (SSSR count). The van der Waals surface area contributed by atoms with Gasteiger partial charge >= 0.3 is 0 Å². The Bertz CT molecular complexity index is 596. The van der Waals surface area contributed by atoms with E-state index in [1.807, 2.05) is 37.4 Å². The number of rotatable bonds is 4. The number of ether oxygens (including phenoxy) is 1. The molecule has 0 amide bonds. The van der Waals surface area contributed by atoms with E-state index in [9.17, 15) is 4.39 Å². The minimum absolute atomic E-state index is 0.262. The van der Waals surface area contributed by atoms with Gasteiger partial charge in [-0.3, -0.25) is 0 Å². The van der Waals surface area contributed by atoms with Crippen molar-refractivity contribution < 1.29 is 9.13 Å². The molecule has 0 aliphatic carbocycles. The van der Waals surface area contributed by atoms with E-state index in [1.54, 1.807) is 24.8 Å². The molecule has 2 nitrogen and oxygen atoms in total. The first-order valence-corrected chi connectivity index (χ1v) is 7.61. The molecule has 0 heterocycles. The second kappa shape index (κ2) is 6.29. The highest BCUT2D eigenvalue weighted by Crippen LogP contribution is 2.31. The van der Waals surface area contributed by atoms with E-state index in [4.69, 9.17) is 10.5 Å². The van der Waals surface area contributed by atoms with E-state index in [2.05, 4.69) is 0 Å². The Morgan fingerprint density at radius 3 is 2.40 bits per heavy atom. The summed E-state index contributed by atoms with van der Waals surface area (Å²) in [5.74, 6) is 1.06. The summed E-state index contributed by atoms with van der Waals surface area (Å²) in [7, 11) is 0. The second-order valence-electron chi connectivity index (χ2n) is 4.71. The predicted molar refractivity (Wildman–Crippen MR) is 82.0 cm³/mol. The lowest BCUT2D eigenvalue weighted by atomic mass is 10.1. The lowest BCUT2D eigenvalue weighted by Crippen LogP contribution is -2.08. The van der Waals surface area contributed by atoms with E-state index in [-0.39, 0.29) is 11.9 Å². The van der Waals surface area contributed by atoms with Crippen molar-refractivity contribution in [2.45, 2.75) is 24.8 Å². The zero-order valence-electron chi connectivity index (χ0n) is 11.8. The van der Waals surface area contributed by atoms with Crippen LogP contribution in [0.25, 0.3) is 0 Å². The van der Waals surface area contributed by atoms with E-state index >= 15 is 0 Å². The van der Waals surface area contributed by atoms with E-state index in [1.165, 1.54) is 11.0 Å². The maximum absolute atomic E-state index is 13.6. The molecule has 0 spiro atoms. The number of hydrogen-bond donors (Lipinski definition) is 1. The summed E-state index contributed by atoms with van der Waals surface area (Å²) in [5, 5.41) is 0. The number of benzene rings is 2. The van der Waals surface area contributed by atoms with E-state index in [0.717, 1.165) is 5.75 Å². The highest BCUT2D eigenvalue weighted by Gasteiger charge is 2.13. The number of aryl methyl sites for hydroxylation is 1. The minimum atomic E-state index is -0.287. The maximum atomic E-state index is 13.6. The van der Waals surface area contributed by atoms with Crippen LogP contribution >= 0.6 is 11.8 Å². The fourth-order valence-corrected chi connectivity index (χ4v) is 2.29. The molecule has 0 saturated heterocycles. The Morgan fingerprint density at radius 2 is 1.85 bits per heavy atom. The van der Waals surface area contributed by atoms with Crippen LogP contribution in [0.2, 0.25) is 0 Å². The van der Waals surface area contributed by atoms with Gasteiger partial charge in [0.1, 0.15) is 17.3 Å². The van der Waals surface area contributed by atoms with Gasteiger partial charge in [-0.25, -0.2) is 4.39 Å². The lowest BCUT2D eigenvalue weighted by molar-refractivity contribution is 0.468. The molecule has 106 valence electrons. The van der Waals surface area contributed by atoms with Gasteiger partial charge in [-0.2, -0.15) is 0 Å². The molecule has 20 heavy (non-hydrogen) atoms. The Morgan fingerprint density at radius 1 is 1.20 bits per heavy atom. The van der Waals surface area contributed by atoms with Crippen molar-refractivity contribution in [2.24, 2.45) is 5.73 Å². The number of hydrogen-bond acceptors (Lipinski definition) is 3. The number of nitrogens with two attached hydrogens (primary N) is 1. The first-order chi connectivity index (χ1) is 9.51. The van der Waals surface area contributed by atoms with Crippen molar-refractivity contribution in [2.75, 3.05) is 6.26 Å². The van der Waals surface area contributed by atoms with Gasteiger partial charge in [0.05, 0.1) is 0 Å². The van der Waals surface area contributed by atoms with Crippen molar-refractivity contribution in [3.05, 3.63) is 53.3 Å². The van der Waals surface area contributed by atoms with Crippen LogP contribution in [0.4, 0.5) is 4.39 Å². The Balaban J connectivity index is 2.33. The SMILES string of the molecule is CSc1ccc(Oc2cc(C)c(F)cc2[C@H](C)N)cc1. The van der Waals surface area contributed by atoms with E-state index in [0.29, 0.717) is 16.9 Å². The maximum Gasteiger partial charge on any atom is 0.132 e. The zero-order chi connectivity index (χ0) is 14.7. The van der Waals surface area contributed by atoms with Crippen LogP contribution in [0.1, 0.15) is 24.1 Å². The highest BCUT2D eigenvalue weighted by molar-refractivity contribution is 7.98. The van der Waals surface area contributed by atoms with Gasteiger partial charge < -0.3 is 10.5 Å². The predicted octanol–water partition coefficient (Wildman–Crippen LogP) is 4.67. The summed E-state index contributed by atoms with van der Waals surface area (Å²) >= 11 is 1.67. The Hall–Kier alpha value is -1.52. The van der Waals surface area contributed by atoms with Crippen molar-refractivity contribution in [1.82, 2.24) is 0 Å². The summed E-state index contributed by atoms with van der Waals surface area (Å²) < 4.78 is 19.5. The van der Waals surface area contributed by atoms with Gasteiger partial charge in [0.15, 0.2) is 0 Å². The van der Waals surface area contributed by atoms with Crippen molar-refractivity contribution in [3.8, 4) is 11.5 Å². The molecule has 1 atom stereocenters. The smallest absolute Gasteiger partial charge is 0.132 e. The van der Waals surface area contributed by atoms with E-state index < -0.39 is 0 Å². The zero-order valence-corrected chi connectivity index (χ0v) is 12.6. The minimum Gasteiger partial charge on any atom is -0.457 e. The molecule has 2 aromatic rings. The third-order valence-electron chi connectivity index (χ3n) is 3.07. The molecule has 4 heteroatoms. The van der Waals surface area contributed by atoms with Crippen LogP contribution in [0.5, 0.6) is 11.5 Å². The van der Waals surface area contributed by atoms with Crippen molar-refractivity contribution in [3.63, 3.8) is 0 Å². The molecule has 0 aliphatic heterocycles. The summed E-state index contributed by atoms with van der Waals surface area (Å²) in [6, 6.07) is 10.6. The quantitative estimate of drug-likeness (QED) is 0.832. The van der Waals surface area contributed by atoms with Gasteiger partial charge in [-0.15, -0.1) is 11.8 Å². The second-order valence-corrected chi connectivity index (χ2v) is 5.59. The fraction of sp³-hybridized carbons (Fsp3) is 0.250. The van der Waals surface area contributed by atoms with Gasteiger partial charge in [0, 0.05) is 16.5 Å². The van der Waals surface area contributed by atoms with Crippen LogP contribution in [-0.4, -0.2) is 6.26 Å². The molecule has 0 saturated carbocycles. The van der Waals surface area contributed by atoms with Crippen LogP contribution in [0.15, 0.2) is 41.3 Å². The molecular formula is C16H18FNOS. The summed E-state index contributed by atoms with van der Waals surface area (Å²) in [4.78, 5) is 1.17. The van der Waals surface area contributed by atoms with Crippen molar-refractivity contribution in [1.29, 1.82) is 0 Å². The Labute approximate surface area is 123 Å². The fourth-order valence-electron chi connectivity index (χ4n) is 1.89. The summed E-state index contributed by atoms with van der Waals surface area (Å²) in [6.07, 6.45) is 2.02. The number of thioether (sulfide) groups is 1. The van der Waals surface area contributed by atoms with Crippen molar-refractivity contribution >= 4 is 11.8 Å². The molecule has 0 aliphatic rings. The first-order valence-electron chi connectivity index (χ1n) is 6.39. The third-order valence-corrected chi connectivity index (χ3v) is 3.81. The van der Waals surface area contributed by atoms with Crippen LogP contribution in [0, 0.1) is 12.7 Å².